The maximum absolute atomic E-state index is 12.4. The smallest absolute Gasteiger partial charge is 0.347 e. The van der Waals surface area contributed by atoms with Crippen LogP contribution in [-0.2, 0) is 6.42 Å². The maximum Gasteiger partial charge on any atom is 0.347 e. The Kier molecular flexibility index (Phi) is 3.90. The van der Waals surface area contributed by atoms with Gasteiger partial charge in [-0.1, -0.05) is 31.2 Å². The molecule has 1 aromatic carbocycles. The van der Waals surface area contributed by atoms with E-state index in [1.165, 1.54) is 24.3 Å². The molecule has 0 aliphatic heterocycles. The molecule has 2 rings (SSSR count). The zero-order valence-electron chi connectivity index (χ0n) is 10.1. The fourth-order valence-corrected chi connectivity index (χ4v) is 2.65. The number of halogens is 2. The van der Waals surface area contributed by atoms with Crippen LogP contribution in [0, 0.1) is 0 Å². The van der Waals surface area contributed by atoms with Crippen molar-refractivity contribution in [3.63, 3.8) is 0 Å². The predicted octanol–water partition coefficient (Wildman–Crippen LogP) is 4.01. The van der Waals surface area contributed by atoms with Crippen LogP contribution in [0.1, 0.15) is 34.3 Å². The highest BCUT2D eigenvalue weighted by atomic mass is 32.1. The van der Waals surface area contributed by atoms with Crippen molar-refractivity contribution in [2.24, 2.45) is 0 Å². The molecule has 3 nitrogen and oxygen atoms in total. The highest BCUT2D eigenvalue weighted by Crippen LogP contribution is 2.30. The summed E-state index contributed by atoms with van der Waals surface area (Å²) in [6, 6.07) is 5.72. The first-order chi connectivity index (χ1) is 9.02. The molecule has 0 fully saturated rings. The number of benzene rings is 1. The average molecular weight is 283 g/mol. The molecular formula is C13H11F2NO2S. The molecule has 0 spiro atoms. The lowest BCUT2D eigenvalue weighted by Crippen LogP contribution is -1.97. The summed E-state index contributed by atoms with van der Waals surface area (Å²) >= 11 is 1.06. The van der Waals surface area contributed by atoms with Crippen molar-refractivity contribution in [1.82, 2.24) is 4.98 Å². The number of alkyl halides is 2. The summed E-state index contributed by atoms with van der Waals surface area (Å²) in [5.74, 6) is -1.01. The molecule has 100 valence electrons. The Labute approximate surface area is 112 Å². The predicted molar refractivity (Wildman–Crippen MR) is 68.8 cm³/mol. The van der Waals surface area contributed by atoms with Crippen molar-refractivity contribution >= 4 is 17.3 Å². The van der Waals surface area contributed by atoms with Gasteiger partial charge in [-0.05, 0) is 6.42 Å². The van der Waals surface area contributed by atoms with Gasteiger partial charge in [0, 0.05) is 11.1 Å². The number of carbonyl (C=O) groups is 1. The molecule has 0 unspecified atom stereocenters. The number of aryl methyl sites for hydroxylation is 1. The third kappa shape index (κ3) is 2.78. The summed E-state index contributed by atoms with van der Waals surface area (Å²) in [5, 5.41) is 9.58. The van der Waals surface area contributed by atoms with Crippen LogP contribution in [0.15, 0.2) is 24.3 Å². The first kappa shape index (κ1) is 13.6. The molecule has 2 aromatic rings. The van der Waals surface area contributed by atoms with Crippen LogP contribution in [0.5, 0.6) is 0 Å². The topological polar surface area (TPSA) is 50.2 Å². The van der Waals surface area contributed by atoms with Gasteiger partial charge in [0.1, 0.15) is 9.88 Å². The van der Waals surface area contributed by atoms with Gasteiger partial charge in [-0.15, -0.1) is 11.3 Å². The van der Waals surface area contributed by atoms with Crippen LogP contribution in [0.25, 0.3) is 10.6 Å². The largest absolute Gasteiger partial charge is 0.477 e. The second-order valence-corrected chi connectivity index (χ2v) is 4.88. The standard InChI is InChI=1S/C13H11F2NO2S/c1-2-9-10(13(17)18)19-12(16-9)8-5-3-7(4-6-8)11(14)15/h3-6,11H,2H2,1H3,(H,17,18). The van der Waals surface area contributed by atoms with Gasteiger partial charge in [-0.2, -0.15) is 0 Å². The van der Waals surface area contributed by atoms with Gasteiger partial charge in [-0.3, -0.25) is 0 Å². The Hall–Kier alpha value is -1.82. The zero-order chi connectivity index (χ0) is 14.0. The molecule has 6 heteroatoms. The third-order valence-electron chi connectivity index (χ3n) is 2.64. The van der Waals surface area contributed by atoms with Crippen LogP contribution < -0.4 is 0 Å². The molecule has 0 amide bonds. The van der Waals surface area contributed by atoms with E-state index in [1.54, 1.807) is 0 Å². The molecular weight excluding hydrogens is 272 g/mol. The highest BCUT2D eigenvalue weighted by Gasteiger charge is 2.17. The average Bonchev–Trinajstić information content (AvgIpc) is 2.83. The van der Waals surface area contributed by atoms with Crippen molar-refractivity contribution in [3.8, 4) is 10.6 Å². The van der Waals surface area contributed by atoms with E-state index >= 15 is 0 Å². The SMILES string of the molecule is CCc1nc(-c2ccc(C(F)F)cc2)sc1C(=O)O. The zero-order valence-corrected chi connectivity index (χ0v) is 10.9. The molecule has 19 heavy (non-hydrogen) atoms. The number of hydrogen-bond acceptors (Lipinski definition) is 3. The molecule has 0 aliphatic rings. The molecule has 1 aromatic heterocycles. The Morgan fingerprint density at radius 3 is 2.42 bits per heavy atom. The lowest BCUT2D eigenvalue weighted by molar-refractivity contribution is 0.0700. The molecule has 0 saturated carbocycles. The molecule has 0 atom stereocenters. The van der Waals surface area contributed by atoms with Crippen molar-refractivity contribution in [2.45, 2.75) is 19.8 Å². The maximum atomic E-state index is 12.4. The van der Waals surface area contributed by atoms with Gasteiger partial charge in [0.05, 0.1) is 5.69 Å². The van der Waals surface area contributed by atoms with Gasteiger partial charge in [0.15, 0.2) is 0 Å². The summed E-state index contributed by atoms with van der Waals surface area (Å²) in [4.78, 5) is 15.5. The van der Waals surface area contributed by atoms with E-state index in [4.69, 9.17) is 5.11 Å². The number of carboxylic acid groups (broad SMARTS) is 1. The highest BCUT2D eigenvalue weighted by molar-refractivity contribution is 7.17. The molecule has 1 N–H and O–H groups in total. The van der Waals surface area contributed by atoms with E-state index in [-0.39, 0.29) is 10.4 Å². The Morgan fingerprint density at radius 2 is 2.00 bits per heavy atom. The van der Waals surface area contributed by atoms with Crippen LogP contribution in [0.2, 0.25) is 0 Å². The number of hydrogen-bond donors (Lipinski definition) is 1. The number of aromatic nitrogens is 1. The Morgan fingerprint density at radius 1 is 1.37 bits per heavy atom. The van der Waals surface area contributed by atoms with Crippen molar-refractivity contribution in [1.29, 1.82) is 0 Å². The van der Waals surface area contributed by atoms with Crippen molar-refractivity contribution in [3.05, 3.63) is 40.4 Å². The second-order valence-electron chi connectivity index (χ2n) is 3.88. The summed E-state index contributed by atoms with van der Waals surface area (Å²) < 4.78 is 24.9. The molecule has 0 radical (unpaired) electrons. The van der Waals surface area contributed by atoms with Crippen LogP contribution in [0.4, 0.5) is 8.78 Å². The molecule has 0 saturated heterocycles. The van der Waals surface area contributed by atoms with Crippen molar-refractivity contribution in [2.75, 3.05) is 0 Å². The van der Waals surface area contributed by atoms with E-state index in [2.05, 4.69) is 4.98 Å². The lowest BCUT2D eigenvalue weighted by atomic mass is 10.1. The first-order valence-electron chi connectivity index (χ1n) is 5.64. The van der Waals surface area contributed by atoms with Gasteiger partial charge in [-0.25, -0.2) is 18.6 Å². The monoisotopic (exact) mass is 283 g/mol. The number of carboxylic acids is 1. The lowest BCUT2D eigenvalue weighted by Gasteiger charge is -2.00. The molecule has 1 heterocycles. The summed E-state index contributed by atoms with van der Waals surface area (Å²) in [6.07, 6.45) is -1.99. The first-order valence-corrected chi connectivity index (χ1v) is 6.46. The Balaban J connectivity index is 2.39. The fraction of sp³-hybridized carbons (Fsp3) is 0.231. The van der Waals surface area contributed by atoms with E-state index in [0.29, 0.717) is 22.7 Å². The number of rotatable bonds is 4. The molecule has 0 aliphatic carbocycles. The van der Waals surface area contributed by atoms with Gasteiger partial charge >= 0.3 is 5.97 Å². The number of thiazole rings is 1. The van der Waals surface area contributed by atoms with E-state index in [0.717, 1.165) is 11.3 Å². The van der Waals surface area contributed by atoms with Crippen LogP contribution in [-0.4, -0.2) is 16.1 Å². The fourth-order valence-electron chi connectivity index (χ4n) is 1.65. The number of aromatic carboxylic acids is 1. The van der Waals surface area contributed by atoms with Gasteiger partial charge < -0.3 is 5.11 Å². The van der Waals surface area contributed by atoms with E-state index in [1.807, 2.05) is 6.92 Å². The minimum Gasteiger partial charge on any atom is -0.477 e. The van der Waals surface area contributed by atoms with Crippen LogP contribution in [0.3, 0.4) is 0 Å². The summed E-state index contributed by atoms with van der Waals surface area (Å²) in [5.41, 5.74) is 1.11. The number of nitrogens with zero attached hydrogens (tertiary/aromatic N) is 1. The van der Waals surface area contributed by atoms with Gasteiger partial charge in [0.2, 0.25) is 0 Å². The minimum absolute atomic E-state index is 0.0607. The van der Waals surface area contributed by atoms with E-state index in [9.17, 15) is 13.6 Å². The van der Waals surface area contributed by atoms with Gasteiger partial charge in [0.25, 0.3) is 6.43 Å². The molecule has 0 bridgehead atoms. The third-order valence-corrected chi connectivity index (χ3v) is 3.77. The summed E-state index contributed by atoms with van der Waals surface area (Å²) in [7, 11) is 0. The second kappa shape index (κ2) is 5.44. The Bertz CT molecular complexity index is 593. The van der Waals surface area contributed by atoms with E-state index < -0.39 is 12.4 Å². The summed E-state index contributed by atoms with van der Waals surface area (Å²) in [6.45, 7) is 1.82. The minimum atomic E-state index is -2.51. The van der Waals surface area contributed by atoms with Crippen molar-refractivity contribution < 1.29 is 18.7 Å². The normalized spacial score (nSPS) is 10.9. The van der Waals surface area contributed by atoms with Crippen LogP contribution >= 0.6 is 11.3 Å². The quantitative estimate of drug-likeness (QED) is 0.922.